The molecule has 4 rings (SSSR count). The highest BCUT2D eigenvalue weighted by molar-refractivity contribution is 7.83. The number of thiocarbonyl (C=S) groups is 1. The van der Waals surface area contributed by atoms with E-state index in [-0.39, 0.29) is 24.6 Å². The molecule has 0 saturated carbocycles. The van der Waals surface area contributed by atoms with Crippen molar-refractivity contribution < 1.29 is 19.5 Å². The minimum Gasteiger partial charge on any atom is -0.480 e. The topological polar surface area (TPSA) is 133 Å². The lowest BCUT2D eigenvalue weighted by atomic mass is 10.0. The first-order valence-corrected chi connectivity index (χ1v) is 12.5. The molecular weight excluding hydrogens is 478 g/mol. The number of amides is 2. The van der Waals surface area contributed by atoms with E-state index in [1.165, 1.54) is 5.56 Å². The number of aryl methyl sites for hydroxylation is 1. The van der Waals surface area contributed by atoms with Crippen LogP contribution in [0.25, 0.3) is 0 Å². The number of benzene rings is 1. The van der Waals surface area contributed by atoms with E-state index in [1.54, 1.807) is 24.3 Å². The number of fused-ring (bicyclic) bond motifs is 2. The summed E-state index contributed by atoms with van der Waals surface area (Å²) in [6, 6.07) is 10.1. The second-order valence-corrected chi connectivity index (χ2v) is 9.26. The van der Waals surface area contributed by atoms with E-state index in [2.05, 4.69) is 33.1 Å². The predicted octanol–water partition coefficient (Wildman–Crippen LogP) is 2.02. The van der Waals surface area contributed by atoms with Crippen molar-refractivity contribution in [1.82, 2.24) is 20.9 Å². The molecule has 1 aromatic carbocycles. The normalized spacial score (nSPS) is 14.9. The fraction of sp³-hybridized carbons (Fsp3) is 0.385. The highest BCUT2D eigenvalue weighted by Crippen LogP contribution is 2.26. The zero-order valence-electron chi connectivity index (χ0n) is 19.9. The van der Waals surface area contributed by atoms with Gasteiger partial charge in [0.05, 0.1) is 10.6 Å². The highest BCUT2D eigenvalue weighted by Gasteiger charge is 2.29. The maximum Gasteiger partial charge on any atom is 0.326 e. The number of carbonyl (C=O) groups excluding carboxylic acids is 2. The number of carboxylic acids is 1. The number of hydrogen-bond donors (Lipinski definition) is 4. The van der Waals surface area contributed by atoms with E-state index in [1.807, 2.05) is 0 Å². The Labute approximate surface area is 214 Å². The number of rotatable bonds is 11. The number of aliphatic carboxylic acids is 1. The van der Waals surface area contributed by atoms with E-state index in [4.69, 9.17) is 17.2 Å². The lowest BCUT2D eigenvalue weighted by Crippen LogP contribution is -2.46. The molecule has 0 aliphatic carbocycles. The molecule has 0 spiro atoms. The van der Waals surface area contributed by atoms with Gasteiger partial charge in [0.2, 0.25) is 5.91 Å². The Morgan fingerprint density at radius 2 is 1.97 bits per heavy atom. The third-order valence-corrected chi connectivity index (χ3v) is 6.65. The lowest BCUT2D eigenvalue weighted by Gasteiger charge is -2.16. The summed E-state index contributed by atoms with van der Waals surface area (Å²) >= 11 is 5.32. The van der Waals surface area contributed by atoms with Crippen molar-refractivity contribution in [1.29, 1.82) is 0 Å². The standard InChI is InChI=1S/C26H29N5O4S/c32-22(8-4-1-5-17-10-9-16-15-27-13-11-19(16)29-17)28-14-12-21(26(34)35)31-25(33)23-24(36)18-6-2-3-7-20(18)30-23/h2-3,6-7,9-10,21,27H,1,4-5,8,11-15H2,(H,28,32)(H,31,33)(H,34,35). The van der Waals surface area contributed by atoms with Crippen LogP contribution in [0, 0.1) is 0 Å². The van der Waals surface area contributed by atoms with Crippen LogP contribution in [0.5, 0.6) is 0 Å². The number of nitrogens with zero attached hydrogens (tertiary/aromatic N) is 2. The molecule has 2 aromatic rings. The van der Waals surface area contributed by atoms with Crippen LogP contribution in [0.4, 0.5) is 5.69 Å². The van der Waals surface area contributed by atoms with Crippen LogP contribution in [0.3, 0.4) is 0 Å². The van der Waals surface area contributed by atoms with Crippen molar-refractivity contribution in [2.75, 3.05) is 13.1 Å². The molecule has 0 radical (unpaired) electrons. The molecule has 9 nitrogen and oxygen atoms in total. The quantitative estimate of drug-likeness (QED) is 0.270. The summed E-state index contributed by atoms with van der Waals surface area (Å²) in [4.78, 5) is 45.7. The summed E-state index contributed by atoms with van der Waals surface area (Å²) in [5.74, 6) is -1.97. The number of nitrogens with one attached hydrogen (secondary N) is 3. The summed E-state index contributed by atoms with van der Waals surface area (Å²) in [6.45, 7) is 1.95. The monoisotopic (exact) mass is 507 g/mol. The van der Waals surface area contributed by atoms with Gasteiger partial charge in [-0.15, -0.1) is 0 Å². The molecule has 188 valence electrons. The Bertz CT molecular complexity index is 1210. The highest BCUT2D eigenvalue weighted by atomic mass is 32.1. The molecule has 4 N–H and O–H groups in total. The zero-order valence-corrected chi connectivity index (χ0v) is 20.7. The van der Waals surface area contributed by atoms with E-state index < -0.39 is 17.9 Å². The molecule has 0 bridgehead atoms. The first kappa shape index (κ1) is 25.6. The Balaban J connectivity index is 1.16. The van der Waals surface area contributed by atoms with Gasteiger partial charge in [-0.3, -0.25) is 14.6 Å². The van der Waals surface area contributed by atoms with Gasteiger partial charge in [-0.25, -0.2) is 9.79 Å². The van der Waals surface area contributed by atoms with Crippen molar-refractivity contribution in [3.8, 4) is 0 Å². The molecule has 1 aromatic heterocycles. The van der Waals surface area contributed by atoms with Crippen molar-refractivity contribution in [3.05, 3.63) is 58.9 Å². The molecule has 0 fully saturated rings. The summed E-state index contributed by atoms with van der Waals surface area (Å²) < 4.78 is 0. The summed E-state index contributed by atoms with van der Waals surface area (Å²) in [6.07, 6.45) is 3.71. The second-order valence-electron chi connectivity index (χ2n) is 8.85. The van der Waals surface area contributed by atoms with Gasteiger partial charge in [0.1, 0.15) is 11.8 Å². The molecule has 1 unspecified atom stereocenters. The molecule has 36 heavy (non-hydrogen) atoms. The third-order valence-electron chi connectivity index (χ3n) is 6.24. The minimum absolute atomic E-state index is 0.0339. The average molecular weight is 508 g/mol. The maximum absolute atomic E-state index is 12.6. The fourth-order valence-electron chi connectivity index (χ4n) is 4.26. The molecule has 2 aliphatic heterocycles. The van der Waals surface area contributed by atoms with E-state index in [9.17, 15) is 19.5 Å². The SMILES string of the molecule is O=C(CCCCc1ccc2c(n1)CCNC2)NCCC(NC(=O)C1=Nc2ccccc2C1=S)C(=O)O. The number of carboxylic acid groups (broad SMARTS) is 1. The first-order valence-electron chi connectivity index (χ1n) is 12.1. The Morgan fingerprint density at radius 3 is 2.78 bits per heavy atom. The van der Waals surface area contributed by atoms with Crippen molar-refractivity contribution >= 4 is 46.3 Å². The van der Waals surface area contributed by atoms with E-state index >= 15 is 0 Å². The van der Waals surface area contributed by atoms with Gasteiger partial charge >= 0.3 is 5.97 Å². The Kier molecular flexibility index (Phi) is 8.50. The van der Waals surface area contributed by atoms with Gasteiger partial charge in [-0.05, 0) is 43.4 Å². The summed E-state index contributed by atoms with van der Waals surface area (Å²) in [5, 5.41) is 18.1. The third kappa shape index (κ3) is 6.38. The van der Waals surface area contributed by atoms with Crippen molar-refractivity contribution in [2.24, 2.45) is 4.99 Å². The molecule has 2 aliphatic rings. The fourth-order valence-corrected chi connectivity index (χ4v) is 4.57. The zero-order chi connectivity index (χ0) is 25.5. The van der Waals surface area contributed by atoms with Crippen molar-refractivity contribution in [3.63, 3.8) is 0 Å². The average Bonchev–Trinajstić information content (AvgIpc) is 3.22. The number of hydrogen-bond acceptors (Lipinski definition) is 7. The number of aliphatic imine (C=N–C) groups is 1. The number of pyridine rings is 1. The summed E-state index contributed by atoms with van der Waals surface area (Å²) in [7, 11) is 0. The van der Waals surface area contributed by atoms with Crippen LogP contribution in [-0.4, -0.2) is 57.6 Å². The van der Waals surface area contributed by atoms with Crippen LogP contribution >= 0.6 is 12.2 Å². The molecule has 0 saturated heterocycles. The predicted molar refractivity (Wildman–Crippen MR) is 140 cm³/mol. The van der Waals surface area contributed by atoms with Crippen LogP contribution in [-0.2, 0) is 33.8 Å². The largest absolute Gasteiger partial charge is 0.480 e. The molecule has 1 atom stereocenters. The number of carbonyl (C=O) groups is 3. The van der Waals surface area contributed by atoms with Gasteiger partial charge in [0.25, 0.3) is 5.91 Å². The molecule has 2 amide bonds. The van der Waals surface area contributed by atoms with Crippen molar-refractivity contribution in [2.45, 2.75) is 51.1 Å². The van der Waals surface area contributed by atoms with Crippen LogP contribution < -0.4 is 16.0 Å². The number of unbranched alkanes of at least 4 members (excludes halogenated alkanes) is 1. The van der Waals surface area contributed by atoms with E-state index in [0.29, 0.717) is 29.0 Å². The molecule has 3 heterocycles. The second kappa shape index (κ2) is 12.0. The van der Waals surface area contributed by atoms with E-state index in [0.717, 1.165) is 43.7 Å². The van der Waals surface area contributed by atoms with Gasteiger partial charge in [-0.1, -0.05) is 36.5 Å². The van der Waals surface area contributed by atoms with Gasteiger partial charge in [0, 0.05) is 49.4 Å². The van der Waals surface area contributed by atoms with Gasteiger partial charge in [-0.2, -0.15) is 0 Å². The van der Waals surface area contributed by atoms with Crippen LogP contribution in [0.15, 0.2) is 41.4 Å². The smallest absolute Gasteiger partial charge is 0.326 e. The first-order chi connectivity index (χ1) is 17.4. The van der Waals surface area contributed by atoms with Crippen LogP contribution in [0.1, 0.15) is 48.2 Å². The lowest BCUT2D eigenvalue weighted by molar-refractivity contribution is -0.141. The molecular formula is C26H29N5O4S. The van der Waals surface area contributed by atoms with Crippen LogP contribution in [0.2, 0.25) is 0 Å². The van der Waals surface area contributed by atoms with Gasteiger partial charge < -0.3 is 21.1 Å². The maximum atomic E-state index is 12.6. The number of para-hydroxylation sites is 1. The minimum atomic E-state index is -1.19. The summed E-state index contributed by atoms with van der Waals surface area (Å²) in [5.41, 5.74) is 4.76. The molecule has 10 heteroatoms. The Morgan fingerprint density at radius 1 is 1.14 bits per heavy atom. The number of aromatic nitrogens is 1. The van der Waals surface area contributed by atoms with Gasteiger partial charge in [0.15, 0.2) is 0 Å². The Hall–Kier alpha value is -3.50.